The Hall–Kier alpha value is -2.48. The molecule has 1 aliphatic rings. The lowest BCUT2D eigenvalue weighted by Crippen LogP contribution is -2.43. The molecule has 10 heteroatoms. The maximum atomic E-state index is 11.4. The predicted octanol–water partition coefficient (Wildman–Crippen LogP) is 1.15. The van der Waals surface area contributed by atoms with Gasteiger partial charge in [-0.3, -0.25) is 4.90 Å². The van der Waals surface area contributed by atoms with Gasteiger partial charge in [-0.15, -0.1) is 10.2 Å². The second-order valence-corrected chi connectivity index (χ2v) is 6.99. The first-order valence-corrected chi connectivity index (χ1v) is 9.03. The van der Waals surface area contributed by atoms with Crippen LogP contribution < -0.4 is 0 Å². The van der Waals surface area contributed by atoms with Crippen LogP contribution in [0, 0.1) is 11.3 Å². The van der Waals surface area contributed by atoms with E-state index in [0.717, 1.165) is 29.3 Å². The molecule has 3 unspecified atom stereocenters. The van der Waals surface area contributed by atoms with E-state index < -0.39 is 16.5 Å². The van der Waals surface area contributed by atoms with Gasteiger partial charge in [-0.05, 0) is 18.9 Å². The third kappa shape index (κ3) is 2.76. The molecular formula is C15H15N7O2S. The van der Waals surface area contributed by atoms with Crippen molar-refractivity contribution in [3.05, 3.63) is 24.3 Å². The third-order valence-electron chi connectivity index (χ3n) is 4.58. The smallest absolute Gasteiger partial charge is 0.200 e. The molecule has 0 aromatic carbocycles. The number of hydrogen-bond donors (Lipinski definition) is 2. The molecule has 25 heavy (non-hydrogen) atoms. The SMILES string of the molecule is N#CC(N1CCCC(c2[nH]cnc3nnc4nccc4c23)C1)S(=O)O. The number of aromatic nitrogens is 5. The average Bonchev–Trinajstić information content (AvgIpc) is 3.11. The summed E-state index contributed by atoms with van der Waals surface area (Å²) in [5.74, 6) is 0.0703. The molecular weight excluding hydrogens is 342 g/mol. The second kappa shape index (κ2) is 6.44. The van der Waals surface area contributed by atoms with E-state index in [1.54, 1.807) is 17.4 Å². The number of nitrogens with one attached hydrogen (secondary N) is 1. The number of hydrogen-bond acceptors (Lipinski definition) is 7. The molecule has 0 saturated carbocycles. The zero-order valence-corrected chi connectivity index (χ0v) is 14.0. The van der Waals surface area contributed by atoms with Crippen LogP contribution in [0.2, 0.25) is 0 Å². The normalized spacial score (nSPS) is 21.2. The first-order valence-electron chi connectivity index (χ1n) is 7.86. The summed E-state index contributed by atoms with van der Waals surface area (Å²) >= 11 is -2.21. The summed E-state index contributed by atoms with van der Waals surface area (Å²) in [5.41, 5.74) is 2.05. The summed E-state index contributed by atoms with van der Waals surface area (Å²) < 4.78 is 20.8. The van der Waals surface area contributed by atoms with Gasteiger partial charge in [-0.1, -0.05) is 0 Å². The lowest BCUT2D eigenvalue weighted by Gasteiger charge is -2.34. The van der Waals surface area contributed by atoms with Crippen LogP contribution in [-0.2, 0) is 11.1 Å². The fourth-order valence-corrected chi connectivity index (χ4v) is 4.03. The average molecular weight is 357 g/mol. The van der Waals surface area contributed by atoms with E-state index in [2.05, 4.69) is 25.1 Å². The Kier molecular flexibility index (Phi) is 4.12. The number of rotatable bonds is 3. The van der Waals surface area contributed by atoms with Crippen LogP contribution in [-0.4, -0.2) is 57.3 Å². The Morgan fingerprint density at radius 1 is 1.40 bits per heavy atom. The molecule has 4 rings (SSSR count). The molecule has 3 aromatic rings. The van der Waals surface area contributed by atoms with E-state index >= 15 is 0 Å². The molecule has 4 heterocycles. The number of nitriles is 1. The summed E-state index contributed by atoms with van der Waals surface area (Å²) in [5, 5.41) is 18.1. The Morgan fingerprint density at radius 2 is 2.24 bits per heavy atom. The topological polar surface area (TPSA) is 132 Å². The molecule has 128 valence electrons. The molecule has 3 atom stereocenters. The number of H-pyrrole nitrogens is 1. The van der Waals surface area contributed by atoms with Crippen molar-refractivity contribution in [3.63, 3.8) is 0 Å². The summed E-state index contributed by atoms with van der Waals surface area (Å²) in [7, 11) is 0. The van der Waals surface area contributed by atoms with Gasteiger partial charge in [0.15, 0.2) is 27.7 Å². The van der Waals surface area contributed by atoms with E-state index in [-0.39, 0.29) is 5.92 Å². The molecule has 0 amide bonds. The van der Waals surface area contributed by atoms with Gasteiger partial charge in [0.2, 0.25) is 0 Å². The van der Waals surface area contributed by atoms with Gasteiger partial charge in [0.1, 0.15) is 0 Å². The zero-order chi connectivity index (χ0) is 17.4. The zero-order valence-electron chi connectivity index (χ0n) is 13.2. The fourth-order valence-electron chi connectivity index (χ4n) is 3.49. The van der Waals surface area contributed by atoms with Crippen LogP contribution in [0.15, 0.2) is 18.6 Å². The molecule has 0 aliphatic carbocycles. The highest BCUT2D eigenvalue weighted by atomic mass is 32.2. The molecule has 2 N–H and O–H groups in total. The van der Waals surface area contributed by atoms with Crippen molar-refractivity contribution in [1.82, 2.24) is 30.0 Å². The minimum absolute atomic E-state index is 0.0703. The van der Waals surface area contributed by atoms with Gasteiger partial charge in [0.05, 0.1) is 17.8 Å². The van der Waals surface area contributed by atoms with Crippen molar-refractivity contribution in [3.8, 4) is 6.07 Å². The number of likely N-dealkylation sites (tertiary alicyclic amines) is 1. The Balaban J connectivity index is 1.78. The number of fused-ring (bicyclic) bond motifs is 3. The molecule has 0 bridgehead atoms. The van der Waals surface area contributed by atoms with E-state index in [4.69, 9.17) is 0 Å². The summed E-state index contributed by atoms with van der Waals surface area (Å²) in [4.78, 5) is 13.4. The molecule has 3 aromatic heterocycles. The van der Waals surface area contributed by atoms with E-state index in [9.17, 15) is 14.0 Å². The minimum Gasteiger partial charge on any atom is -0.349 e. The van der Waals surface area contributed by atoms with Crippen LogP contribution in [0.4, 0.5) is 0 Å². The van der Waals surface area contributed by atoms with E-state index in [1.165, 1.54) is 0 Å². The Morgan fingerprint density at radius 3 is 3.04 bits per heavy atom. The van der Waals surface area contributed by atoms with Crippen molar-refractivity contribution >= 4 is 33.1 Å². The molecule has 0 radical (unpaired) electrons. The van der Waals surface area contributed by atoms with Crippen molar-refractivity contribution in [1.29, 1.82) is 5.26 Å². The monoisotopic (exact) mass is 357 g/mol. The van der Waals surface area contributed by atoms with Crippen LogP contribution in [0.3, 0.4) is 0 Å². The van der Waals surface area contributed by atoms with Crippen molar-refractivity contribution in [2.45, 2.75) is 24.1 Å². The van der Waals surface area contributed by atoms with Gasteiger partial charge >= 0.3 is 0 Å². The highest BCUT2D eigenvalue weighted by molar-refractivity contribution is 7.80. The van der Waals surface area contributed by atoms with Crippen molar-refractivity contribution in [2.75, 3.05) is 13.1 Å². The quantitative estimate of drug-likeness (QED) is 0.667. The maximum Gasteiger partial charge on any atom is 0.200 e. The Bertz CT molecular complexity index is 998. The standard InChI is InChI=1S/C15H15N7O2S/c16-6-11(25(23)24)22-5-1-2-9(7-22)13-12-10-3-4-17-14(10)20-21-15(12)19-8-18-13/h3-4,8-9,11H,1-2,5,7H2,(H,23,24)(H,18,19,21). The molecule has 0 spiro atoms. The highest BCUT2D eigenvalue weighted by Crippen LogP contribution is 2.33. The van der Waals surface area contributed by atoms with Crippen molar-refractivity contribution < 1.29 is 8.76 Å². The summed E-state index contributed by atoms with van der Waals surface area (Å²) in [6, 6.07) is 3.81. The summed E-state index contributed by atoms with van der Waals surface area (Å²) in [6.07, 6.45) is 5.00. The molecule has 9 nitrogen and oxygen atoms in total. The largest absolute Gasteiger partial charge is 0.349 e. The second-order valence-electron chi connectivity index (χ2n) is 5.99. The van der Waals surface area contributed by atoms with Crippen LogP contribution >= 0.6 is 0 Å². The lowest BCUT2D eigenvalue weighted by atomic mass is 9.92. The number of piperidine rings is 1. The minimum atomic E-state index is -2.21. The first-order chi connectivity index (χ1) is 12.2. The first kappa shape index (κ1) is 16.0. The fraction of sp³-hybridized carbons (Fsp3) is 0.400. The van der Waals surface area contributed by atoms with Crippen LogP contribution in [0.5, 0.6) is 0 Å². The van der Waals surface area contributed by atoms with Gasteiger partial charge in [-0.2, -0.15) is 5.26 Å². The van der Waals surface area contributed by atoms with Crippen LogP contribution in [0.25, 0.3) is 22.1 Å². The summed E-state index contributed by atoms with van der Waals surface area (Å²) in [6.45, 7) is 1.13. The van der Waals surface area contributed by atoms with E-state index in [0.29, 0.717) is 24.4 Å². The molecule has 1 fully saturated rings. The molecule has 1 aliphatic heterocycles. The van der Waals surface area contributed by atoms with E-state index in [1.807, 2.05) is 12.1 Å². The van der Waals surface area contributed by atoms with Crippen LogP contribution in [0.1, 0.15) is 24.5 Å². The Labute approximate surface area is 145 Å². The lowest BCUT2D eigenvalue weighted by molar-refractivity contribution is 0.208. The van der Waals surface area contributed by atoms with Gasteiger partial charge < -0.3 is 9.54 Å². The van der Waals surface area contributed by atoms with Gasteiger partial charge in [-0.25, -0.2) is 14.2 Å². The highest BCUT2D eigenvalue weighted by Gasteiger charge is 2.31. The molecule has 1 saturated heterocycles. The van der Waals surface area contributed by atoms with Crippen molar-refractivity contribution in [2.24, 2.45) is 0 Å². The predicted molar refractivity (Wildman–Crippen MR) is 90.7 cm³/mol. The van der Waals surface area contributed by atoms with Gasteiger partial charge in [0, 0.05) is 36.3 Å². The maximum absolute atomic E-state index is 11.4. The number of nitrogens with zero attached hydrogens (tertiary/aromatic N) is 6. The third-order valence-corrected chi connectivity index (χ3v) is 5.37. The van der Waals surface area contributed by atoms with Gasteiger partial charge in [0.25, 0.3) is 0 Å². The number of aromatic amines is 1.